The Labute approximate surface area is 152 Å². The third-order valence-electron chi connectivity index (χ3n) is 3.76. The Balaban J connectivity index is 1.77. The molecule has 1 N–H and O–H groups in total. The summed E-state index contributed by atoms with van der Waals surface area (Å²) in [6.07, 6.45) is 0.745. The number of rotatable bonds is 9. The Morgan fingerprint density at radius 1 is 1.12 bits per heavy atom. The van der Waals surface area contributed by atoms with E-state index in [9.17, 15) is 13.6 Å². The van der Waals surface area contributed by atoms with Crippen LogP contribution < -0.4 is 14.8 Å². The molecule has 2 aromatic carbocycles. The monoisotopic (exact) mass is 363 g/mol. The first kappa shape index (κ1) is 19.7. The summed E-state index contributed by atoms with van der Waals surface area (Å²) in [5.41, 5.74) is 0.252. The van der Waals surface area contributed by atoms with E-state index in [1.165, 1.54) is 12.1 Å². The minimum absolute atomic E-state index is 0.220. The van der Waals surface area contributed by atoms with Crippen molar-refractivity contribution in [1.29, 1.82) is 0 Å². The second kappa shape index (κ2) is 9.75. The molecule has 0 aliphatic carbocycles. The number of nitrogens with one attached hydrogen (secondary N) is 1. The van der Waals surface area contributed by atoms with Crippen molar-refractivity contribution in [3.63, 3.8) is 0 Å². The van der Waals surface area contributed by atoms with Gasteiger partial charge in [-0.3, -0.25) is 4.79 Å². The zero-order valence-electron chi connectivity index (χ0n) is 14.9. The predicted molar refractivity (Wildman–Crippen MR) is 95.3 cm³/mol. The Bertz CT molecular complexity index is 737. The molecule has 2 aromatic rings. The lowest BCUT2D eigenvalue weighted by atomic mass is 10.1. The van der Waals surface area contributed by atoms with Crippen LogP contribution in [0.2, 0.25) is 0 Å². The third-order valence-corrected chi connectivity index (χ3v) is 3.76. The van der Waals surface area contributed by atoms with E-state index in [0.29, 0.717) is 31.1 Å². The Morgan fingerprint density at radius 2 is 1.81 bits per heavy atom. The summed E-state index contributed by atoms with van der Waals surface area (Å²) >= 11 is 0. The maximum absolute atomic E-state index is 13.7. The molecule has 0 aliphatic heterocycles. The van der Waals surface area contributed by atoms with Crippen molar-refractivity contribution in [2.45, 2.75) is 32.7 Å². The molecule has 26 heavy (non-hydrogen) atoms. The van der Waals surface area contributed by atoms with Gasteiger partial charge in [0.1, 0.15) is 11.6 Å². The van der Waals surface area contributed by atoms with E-state index < -0.39 is 17.7 Å². The van der Waals surface area contributed by atoms with E-state index in [0.717, 1.165) is 6.07 Å². The van der Waals surface area contributed by atoms with E-state index >= 15 is 0 Å². The zero-order valence-corrected chi connectivity index (χ0v) is 14.9. The van der Waals surface area contributed by atoms with Gasteiger partial charge < -0.3 is 14.8 Å². The first-order valence-electron chi connectivity index (χ1n) is 8.60. The van der Waals surface area contributed by atoms with E-state index in [2.05, 4.69) is 5.32 Å². The number of halogens is 2. The highest BCUT2D eigenvalue weighted by molar-refractivity contribution is 5.76. The van der Waals surface area contributed by atoms with Gasteiger partial charge in [0.15, 0.2) is 11.5 Å². The summed E-state index contributed by atoms with van der Waals surface area (Å²) in [4.78, 5) is 12.0. The summed E-state index contributed by atoms with van der Waals surface area (Å²) in [6, 6.07) is 10.1. The van der Waals surface area contributed by atoms with E-state index in [1.54, 1.807) is 6.92 Å². The summed E-state index contributed by atoms with van der Waals surface area (Å²) in [6.45, 7) is 4.45. The van der Waals surface area contributed by atoms with E-state index in [-0.39, 0.29) is 17.9 Å². The highest BCUT2D eigenvalue weighted by Crippen LogP contribution is 2.26. The van der Waals surface area contributed by atoms with Crippen LogP contribution in [0.3, 0.4) is 0 Å². The Kier molecular flexibility index (Phi) is 7.38. The van der Waals surface area contributed by atoms with Crippen molar-refractivity contribution >= 4 is 5.91 Å². The number of amides is 1. The van der Waals surface area contributed by atoms with Crippen molar-refractivity contribution in [1.82, 2.24) is 5.32 Å². The number of benzene rings is 2. The fourth-order valence-corrected chi connectivity index (χ4v) is 2.50. The van der Waals surface area contributed by atoms with Crippen molar-refractivity contribution in [3.8, 4) is 11.5 Å². The predicted octanol–water partition coefficient (Wildman–Crippen LogP) is 4.40. The molecule has 2 rings (SSSR count). The van der Waals surface area contributed by atoms with Crippen LogP contribution >= 0.6 is 0 Å². The largest absolute Gasteiger partial charge is 0.490 e. The summed E-state index contributed by atoms with van der Waals surface area (Å²) in [5.74, 6) is -0.234. The Hall–Kier alpha value is -2.63. The van der Waals surface area contributed by atoms with Gasteiger partial charge in [0, 0.05) is 18.1 Å². The highest BCUT2D eigenvalue weighted by Gasteiger charge is 2.14. The average Bonchev–Trinajstić information content (AvgIpc) is 2.60. The Morgan fingerprint density at radius 3 is 2.46 bits per heavy atom. The van der Waals surface area contributed by atoms with Crippen LogP contribution in [-0.2, 0) is 4.79 Å². The average molecular weight is 363 g/mol. The standard InChI is InChI=1S/C20H23F2NO3/c1-3-25-18-7-4-5-8-19(18)26-12-6-9-20(24)23-14(2)16-11-10-15(21)13-17(16)22/h4-5,7-8,10-11,13-14H,3,6,9,12H2,1-2H3,(H,23,24). The zero-order chi connectivity index (χ0) is 18.9. The van der Waals surface area contributed by atoms with Crippen LogP contribution in [0.4, 0.5) is 8.78 Å². The minimum Gasteiger partial charge on any atom is -0.490 e. The maximum Gasteiger partial charge on any atom is 0.220 e. The van der Waals surface area contributed by atoms with Crippen LogP contribution in [0.25, 0.3) is 0 Å². The number of hydrogen-bond acceptors (Lipinski definition) is 3. The molecule has 1 atom stereocenters. The van der Waals surface area contributed by atoms with E-state index in [4.69, 9.17) is 9.47 Å². The van der Waals surface area contributed by atoms with E-state index in [1.807, 2.05) is 31.2 Å². The molecule has 0 bridgehead atoms. The molecule has 0 saturated carbocycles. The lowest BCUT2D eigenvalue weighted by Crippen LogP contribution is -2.27. The highest BCUT2D eigenvalue weighted by atomic mass is 19.1. The molecule has 4 nitrogen and oxygen atoms in total. The van der Waals surface area contributed by atoms with Crippen LogP contribution in [0.5, 0.6) is 11.5 Å². The maximum atomic E-state index is 13.7. The lowest BCUT2D eigenvalue weighted by molar-refractivity contribution is -0.121. The molecule has 0 aromatic heterocycles. The third kappa shape index (κ3) is 5.72. The number of hydrogen-bond donors (Lipinski definition) is 1. The van der Waals surface area contributed by atoms with Crippen LogP contribution in [0, 0.1) is 11.6 Å². The van der Waals surface area contributed by atoms with Crippen molar-refractivity contribution in [2.24, 2.45) is 0 Å². The van der Waals surface area contributed by atoms with Gasteiger partial charge in [0.05, 0.1) is 19.3 Å². The molecule has 0 aliphatic rings. The molecule has 0 spiro atoms. The normalized spacial score (nSPS) is 11.7. The van der Waals surface area contributed by atoms with Gasteiger partial charge in [-0.05, 0) is 38.5 Å². The lowest BCUT2D eigenvalue weighted by Gasteiger charge is -2.15. The fraction of sp³-hybridized carbons (Fsp3) is 0.350. The quantitative estimate of drug-likeness (QED) is 0.672. The van der Waals surface area contributed by atoms with Crippen LogP contribution in [0.1, 0.15) is 38.3 Å². The summed E-state index contributed by atoms with van der Waals surface area (Å²) < 4.78 is 37.8. The van der Waals surface area contributed by atoms with Gasteiger partial charge in [-0.1, -0.05) is 18.2 Å². The molecular formula is C20H23F2NO3. The number of para-hydroxylation sites is 2. The van der Waals surface area contributed by atoms with Gasteiger partial charge in [0.2, 0.25) is 5.91 Å². The number of ether oxygens (including phenoxy) is 2. The number of carbonyl (C=O) groups excluding carboxylic acids is 1. The SMILES string of the molecule is CCOc1ccccc1OCCCC(=O)NC(C)c1ccc(F)cc1F. The second-order valence-electron chi connectivity index (χ2n) is 5.79. The summed E-state index contributed by atoms with van der Waals surface area (Å²) in [7, 11) is 0. The first-order valence-corrected chi connectivity index (χ1v) is 8.60. The van der Waals surface area contributed by atoms with Crippen molar-refractivity contribution < 1.29 is 23.0 Å². The summed E-state index contributed by atoms with van der Waals surface area (Å²) in [5, 5.41) is 2.71. The van der Waals surface area contributed by atoms with Gasteiger partial charge in [0.25, 0.3) is 0 Å². The van der Waals surface area contributed by atoms with Gasteiger partial charge in [-0.25, -0.2) is 8.78 Å². The van der Waals surface area contributed by atoms with Gasteiger partial charge in [-0.15, -0.1) is 0 Å². The smallest absolute Gasteiger partial charge is 0.220 e. The van der Waals surface area contributed by atoms with Crippen LogP contribution in [-0.4, -0.2) is 19.1 Å². The molecular weight excluding hydrogens is 340 g/mol. The molecule has 1 unspecified atom stereocenters. The number of carbonyl (C=O) groups is 1. The van der Waals surface area contributed by atoms with Gasteiger partial charge >= 0.3 is 0 Å². The second-order valence-corrected chi connectivity index (χ2v) is 5.79. The topological polar surface area (TPSA) is 47.6 Å². The molecule has 0 saturated heterocycles. The molecule has 6 heteroatoms. The fourth-order valence-electron chi connectivity index (χ4n) is 2.50. The van der Waals surface area contributed by atoms with Crippen LogP contribution in [0.15, 0.2) is 42.5 Å². The van der Waals surface area contributed by atoms with Crippen molar-refractivity contribution in [2.75, 3.05) is 13.2 Å². The molecule has 0 heterocycles. The molecule has 1 amide bonds. The molecule has 0 radical (unpaired) electrons. The first-order chi connectivity index (χ1) is 12.5. The molecule has 0 fully saturated rings. The van der Waals surface area contributed by atoms with Gasteiger partial charge in [-0.2, -0.15) is 0 Å². The minimum atomic E-state index is -0.673. The van der Waals surface area contributed by atoms with Crippen molar-refractivity contribution in [3.05, 3.63) is 59.7 Å². The molecule has 140 valence electrons.